The van der Waals surface area contributed by atoms with Crippen molar-refractivity contribution in [2.75, 3.05) is 0 Å². The van der Waals surface area contributed by atoms with E-state index in [0.29, 0.717) is 5.75 Å². The molecule has 0 unspecified atom stereocenters. The Balaban J connectivity index is 2.38. The average Bonchev–Trinajstić information content (AvgIpc) is 2.41. The predicted molar refractivity (Wildman–Crippen MR) is 69.6 cm³/mol. The lowest BCUT2D eigenvalue weighted by Gasteiger charge is -2.09. The average molecular weight is 275 g/mol. The van der Waals surface area contributed by atoms with E-state index in [0.717, 1.165) is 6.07 Å². The highest BCUT2D eigenvalue weighted by atomic mass is 19.1. The number of hydrogen-bond donors (Lipinski definition) is 0. The molecule has 0 saturated carbocycles. The van der Waals surface area contributed by atoms with Crippen molar-refractivity contribution in [1.29, 1.82) is 0 Å². The topological polar surface area (TPSA) is 69.4 Å². The second-order valence-electron chi connectivity index (χ2n) is 4.05. The van der Waals surface area contributed by atoms with Crippen LogP contribution in [0.3, 0.4) is 0 Å². The summed E-state index contributed by atoms with van der Waals surface area (Å²) in [4.78, 5) is 21.6. The van der Waals surface area contributed by atoms with Crippen LogP contribution in [0.25, 0.3) is 0 Å². The summed E-state index contributed by atoms with van der Waals surface area (Å²) in [5, 5.41) is 10.7. The van der Waals surface area contributed by atoms with E-state index in [-0.39, 0.29) is 22.8 Å². The minimum atomic E-state index is -0.589. The number of non-ortho nitro benzene ring substituents is 1. The number of ketones is 1. The van der Waals surface area contributed by atoms with Gasteiger partial charge in [0.25, 0.3) is 5.69 Å². The zero-order valence-electron chi connectivity index (χ0n) is 10.5. The van der Waals surface area contributed by atoms with Crippen molar-refractivity contribution in [1.82, 2.24) is 0 Å². The smallest absolute Gasteiger partial charge is 0.270 e. The van der Waals surface area contributed by atoms with Crippen molar-refractivity contribution in [2.45, 2.75) is 6.92 Å². The number of hydrogen-bond acceptors (Lipinski definition) is 4. The maximum Gasteiger partial charge on any atom is 0.270 e. The molecule has 0 fully saturated rings. The van der Waals surface area contributed by atoms with Crippen molar-refractivity contribution in [3.63, 3.8) is 0 Å². The Morgan fingerprint density at radius 3 is 2.40 bits per heavy atom. The molecule has 102 valence electrons. The molecule has 0 N–H and O–H groups in total. The maximum atomic E-state index is 12.8. The van der Waals surface area contributed by atoms with E-state index in [1.807, 2.05) is 0 Å². The second-order valence-corrected chi connectivity index (χ2v) is 4.05. The number of halogens is 1. The zero-order chi connectivity index (χ0) is 14.7. The highest BCUT2D eigenvalue weighted by molar-refractivity contribution is 5.97. The molecule has 0 saturated heterocycles. The number of ether oxygens (including phenoxy) is 1. The van der Waals surface area contributed by atoms with Gasteiger partial charge in [-0.3, -0.25) is 14.9 Å². The molecular weight excluding hydrogens is 265 g/mol. The third-order valence-electron chi connectivity index (χ3n) is 2.59. The molecular formula is C14H10FNO4. The quantitative estimate of drug-likeness (QED) is 0.484. The van der Waals surface area contributed by atoms with Gasteiger partial charge in [0.1, 0.15) is 17.3 Å². The van der Waals surface area contributed by atoms with Crippen LogP contribution in [0.15, 0.2) is 42.5 Å². The summed E-state index contributed by atoms with van der Waals surface area (Å²) < 4.78 is 18.2. The van der Waals surface area contributed by atoms with Crippen molar-refractivity contribution < 1.29 is 18.8 Å². The van der Waals surface area contributed by atoms with E-state index >= 15 is 0 Å². The van der Waals surface area contributed by atoms with Crippen LogP contribution in [0, 0.1) is 15.9 Å². The lowest BCUT2D eigenvalue weighted by Crippen LogP contribution is -1.99. The van der Waals surface area contributed by atoms with Gasteiger partial charge in [-0.2, -0.15) is 0 Å². The Kier molecular flexibility index (Phi) is 3.74. The Bertz CT molecular complexity index is 667. The fourth-order valence-electron chi connectivity index (χ4n) is 1.63. The van der Waals surface area contributed by atoms with Crippen molar-refractivity contribution >= 4 is 11.5 Å². The first-order valence-electron chi connectivity index (χ1n) is 5.70. The van der Waals surface area contributed by atoms with Gasteiger partial charge in [0.15, 0.2) is 5.78 Å². The fraction of sp³-hybridized carbons (Fsp3) is 0.0714. The number of carbonyl (C=O) groups is 1. The Morgan fingerprint density at radius 2 is 1.85 bits per heavy atom. The van der Waals surface area contributed by atoms with E-state index in [1.165, 1.54) is 43.3 Å². The SMILES string of the molecule is CC(=O)c1cc([N+](=O)[O-])ccc1Oc1ccc(F)cc1. The molecule has 0 atom stereocenters. The molecule has 0 aliphatic rings. The van der Waals surface area contributed by atoms with Gasteiger partial charge in [-0.25, -0.2) is 4.39 Å². The molecule has 0 spiro atoms. The molecule has 0 aromatic heterocycles. The maximum absolute atomic E-state index is 12.8. The van der Waals surface area contributed by atoms with E-state index in [1.54, 1.807) is 0 Å². The molecule has 0 heterocycles. The van der Waals surface area contributed by atoms with Crippen LogP contribution in [-0.4, -0.2) is 10.7 Å². The first kappa shape index (κ1) is 13.7. The fourth-order valence-corrected chi connectivity index (χ4v) is 1.63. The predicted octanol–water partition coefficient (Wildman–Crippen LogP) is 3.73. The third-order valence-corrected chi connectivity index (χ3v) is 2.59. The van der Waals surface area contributed by atoms with Crippen LogP contribution in [-0.2, 0) is 0 Å². The van der Waals surface area contributed by atoms with Gasteiger partial charge in [-0.05, 0) is 37.3 Å². The molecule has 6 heteroatoms. The van der Waals surface area contributed by atoms with Crippen LogP contribution < -0.4 is 4.74 Å². The molecule has 2 aromatic rings. The van der Waals surface area contributed by atoms with E-state index in [2.05, 4.69) is 0 Å². The summed E-state index contributed by atoms with van der Waals surface area (Å²) in [6, 6.07) is 8.98. The summed E-state index contributed by atoms with van der Waals surface area (Å²) in [6.07, 6.45) is 0. The summed E-state index contributed by atoms with van der Waals surface area (Å²) >= 11 is 0. The highest BCUT2D eigenvalue weighted by Gasteiger charge is 2.15. The molecule has 0 bridgehead atoms. The molecule has 2 rings (SSSR count). The highest BCUT2D eigenvalue weighted by Crippen LogP contribution is 2.29. The second kappa shape index (κ2) is 5.48. The van der Waals surface area contributed by atoms with Gasteiger partial charge < -0.3 is 4.74 Å². The third kappa shape index (κ3) is 2.97. The minimum absolute atomic E-state index is 0.100. The number of rotatable bonds is 4. The van der Waals surface area contributed by atoms with Crippen molar-refractivity contribution in [3.8, 4) is 11.5 Å². The van der Waals surface area contributed by atoms with Gasteiger partial charge in [-0.1, -0.05) is 0 Å². The van der Waals surface area contributed by atoms with Crippen LogP contribution >= 0.6 is 0 Å². The Hall–Kier alpha value is -2.76. The first-order valence-corrected chi connectivity index (χ1v) is 5.70. The van der Waals surface area contributed by atoms with E-state index in [4.69, 9.17) is 4.74 Å². The summed E-state index contributed by atoms with van der Waals surface area (Å²) in [7, 11) is 0. The van der Waals surface area contributed by atoms with Crippen LogP contribution in [0.5, 0.6) is 11.5 Å². The van der Waals surface area contributed by atoms with Gasteiger partial charge in [0.2, 0.25) is 0 Å². The number of Topliss-reactive ketones (excluding diaryl/α,β-unsaturated/α-hetero) is 1. The standard InChI is InChI=1S/C14H10FNO4/c1-9(17)13-8-11(16(18)19)4-7-14(13)20-12-5-2-10(15)3-6-12/h2-8H,1H3. The normalized spacial score (nSPS) is 10.1. The van der Waals surface area contributed by atoms with Crippen LogP contribution in [0.4, 0.5) is 10.1 Å². The molecule has 0 aliphatic carbocycles. The molecule has 20 heavy (non-hydrogen) atoms. The number of benzene rings is 2. The van der Waals surface area contributed by atoms with Gasteiger partial charge in [-0.15, -0.1) is 0 Å². The monoisotopic (exact) mass is 275 g/mol. The van der Waals surface area contributed by atoms with Gasteiger partial charge >= 0.3 is 0 Å². The van der Waals surface area contributed by atoms with Gasteiger partial charge in [0, 0.05) is 12.1 Å². The number of nitrogens with zero attached hydrogens (tertiary/aromatic N) is 1. The lowest BCUT2D eigenvalue weighted by molar-refractivity contribution is -0.384. The van der Waals surface area contributed by atoms with Gasteiger partial charge in [0.05, 0.1) is 10.5 Å². The van der Waals surface area contributed by atoms with Crippen LogP contribution in [0.2, 0.25) is 0 Å². The molecule has 0 aliphatic heterocycles. The van der Waals surface area contributed by atoms with Crippen molar-refractivity contribution in [2.24, 2.45) is 0 Å². The van der Waals surface area contributed by atoms with Crippen LogP contribution in [0.1, 0.15) is 17.3 Å². The number of nitro groups is 1. The molecule has 0 radical (unpaired) electrons. The van der Waals surface area contributed by atoms with Crippen molar-refractivity contribution in [3.05, 3.63) is 64.0 Å². The minimum Gasteiger partial charge on any atom is -0.457 e. The summed E-state index contributed by atoms with van der Waals surface area (Å²) in [5.41, 5.74) is -0.0924. The van der Waals surface area contributed by atoms with E-state index < -0.39 is 10.7 Å². The Morgan fingerprint density at radius 1 is 1.20 bits per heavy atom. The number of nitro benzene ring substituents is 1. The largest absolute Gasteiger partial charge is 0.457 e. The lowest BCUT2D eigenvalue weighted by atomic mass is 10.1. The summed E-state index contributed by atoms with van der Waals surface area (Å²) in [6.45, 7) is 1.29. The number of carbonyl (C=O) groups excluding carboxylic acids is 1. The van der Waals surface area contributed by atoms with E-state index in [9.17, 15) is 19.3 Å². The summed E-state index contributed by atoms with van der Waals surface area (Å²) in [5.74, 6) is -0.240. The first-order chi connectivity index (χ1) is 9.47. The molecule has 2 aromatic carbocycles. The zero-order valence-corrected chi connectivity index (χ0v) is 10.5. The molecule has 0 amide bonds. The Labute approximate surface area is 113 Å². The molecule has 5 nitrogen and oxygen atoms in total.